The van der Waals surface area contributed by atoms with Crippen molar-refractivity contribution in [1.29, 1.82) is 0 Å². The summed E-state index contributed by atoms with van der Waals surface area (Å²) in [6.07, 6.45) is 3.03. The van der Waals surface area contributed by atoms with E-state index in [9.17, 15) is 9.90 Å². The van der Waals surface area contributed by atoms with Crippen molar-refractivity contribution < 1.29 is 9.90 Å². The number of carbonyl (C=O) groups is 1. The summed E-state index contributed by atoms with van der Waals surface area (Å²) in [5.41, 5.74) is 2.18. The van der Waals surface area contributed by atoms with Crippen molar-refractivity contribution in [3.05, 3.63) is 11.1 Å². The first-order valence-corrected chi connectivity index (χ1v) is 6.67. The minimum Gasteiger partial charge on any atom is -0.392 e. The van der Waals surface area contributed by atoms with Crippen LogP contribution in [0, 0.1) is 11.3 Å². The number of rotatable bonds is 4. The summed E-state index contributed by atoms with van der Waals surface area (Å²) < 4.78 is 0. The van der Waals surface area contributed by atoms with Gasteiger partial charge in [0.15, 0.2) is 5.78 Å². The van der Waals surface area contributed by atoms with Crippen molar-refractivity contribution in [3.8, 4) is 0 Å². The summed E-state index contributed by atoms with van der Waals surface area (Å²) in [6.45, 7) is 10.3. The molecule has 2 nitrogen and oxygen atoms in total. The smallest absolute Gasteiger partial charge is 0.161 e. The Bertz CT molecular complexity index is 324. The molecule has 17 heavy (non-hydrogen) atoms. The van der Waals surface area contributed by atoms with Crippen LogP contribution in [0.15, 0.2) is 11.1 Å². The van der Waals surface area contributed by atoms with E-state index >= 15 is 0 Å². The molecule has 1 unspecified atom stereocenters. The maximum Gasteiger partial charge on any atom is 0.161 e. The zero-order valence-corrected chi connectivity index (χ0v) is 11.8. The van der Waals surface area contributed by atoms with Crippen LogP contribution in [0.4, 0.5) is 0 Å². The molecule has 1 rings (SSSR count). The fraction of sp³-hybridized carbons (Fsp3) is 0.800. The maximum atomic E-state index is 12.3. The summed E-state index contributed by atoms with van der Waals surface area (Å²) in [7, 11) is 0. The molecule has 0 aliphatic heterocycles. The number of aliphatic hydroxyl groups excluding tert-OH is 1. The van der Waals surface area contributed by atoms with Crippen LogP contribution in [-0.2, 0) is 4.79 Å². The van der Waals surface area contributed by atoms with E-state index in [2.05, 4.69) is 20.8 Å². The highest BCUT2D eigenvalue weighted by Gasteiger charge is 2.33. The fourth-order valence-electron chi connectivity index (χ4n) is 2.77. The van der Waals surface area contributed by atoms with Crippen LogP contribution in [0.5, 0.6) is 0 Å². The van der Waals surface area contributed by atoms with E-state index in [-0.39, 0.29) is 23.5 Å². The van der Waals surface area contributed by atoms with Gasteiger partial charge in [-0.15, -0.1) is 0 Å². The second-order valence-electron chi connectivity index (χ2n) is 6.33. The maximum absolute atomic E-state index is 12.3. The molecule has 1 atom stereocenters. The van der Waals surface area contributed by atoms with Gasteiger partial charge in [0.05, 0.1) is 6.10 Å². The Balaban J connectivity index is 2.86. The van der Waals surface area contributed by atoms with Gasteiger partial charge in [0.1, 0.15) is 0 Å². The molecule has 1 N–H and O–H groups in total. The lowest BCUT2D eigenvalue weighted by Crippen LogP contribution is -2.29. The van der Waals surface area contributed by atoms with Crippen LogP contribution >= 0.6 is 0 Å². The Hall–Kier alpha value is -0.630. The van der Waals surface area contributed by atoms with Gasteiger partial charge >= 0.3 is 0 Å². The highest BCUT2D eigenvalue weighted by Crippen LogP contribution is 2.41. The third kappa shape index (κ3) is 3.41. The predicted molar refractivity (Wildman–Crippen MR) is 70.8 cm³/mol. The van der Waals surface area contributed by atoms with E-state index in [1.807, 2.05) is 13.8 Å². The van der Waals surface area contributed by atoms with Gasteiger partial charge in [-0.2, -0.15) is 0 Å². The van der Waals surface area contributed by atoms with Crippen LogP contribution < -0.4 is 0 Å². The molecule has 0 aromatic carbocycles. The van der Waals surface area contributed by atoms with E-state index in [1.54, 1.807) is 0 Å². The number of allylic oxidation sites excluding steroid dienone is 2. The first-order valence-electron chi connectivity index (χ1n) is 6.67. The largest absolute Gasteiger partial charge is 0.392 e. The molecule has 0 amide bonds. The molecule has 0 aromatic rings. The molecule has 0 saturated heterocycles. The minimum absolute atomic E-state index is 0.0177. The molecule has 0 bridgehead atoms. The zero-order chi connectivity index (χ0) is 13.2. The molecule has 1 aliphatic carbocycles. The quantitative estimate of drug-likeness (QED) is 0.814. The van der Waals surface area contributed by atoms with Gasteiger partial charge in [0, 0.05) is 6.42 Å². The van der Waals surface area contributed by atoms with Gasteiger partial charge in [-0.1, -0.05) is 33.3 Å². The van der Waals surface area contributed by atoms with Crippen LogP contribution in [0.3, 0.4) is 0 Å². The third-order valence-corrected chi connectivity index (χ3v) is 3.90. The van der Waals surface area contributed by atoms with E-state index in [0.29, 0.717) is 0 Å². The normalized spacial score (nSPS) is 21.8. The second-order valence-corrected chi connectivity index (χ2v) is 6.33. The number of Topliss-reactive ketones (excluding diaryl/α,β-unsaturated/α-hetero) is 1. The highest BCUT2D eigenvalue weighted by atomic mass is 16.3. The fourth-order valence-corrected chi connectivity index (χ4v) is 2.77. The summed E-state index contributed by atoms with van der Waals surface area (Å²) in [5, 5.41) is 9.84. The molecule has 0 heterocycles. The number of carbonyl (C=O) groups excluding carboxylic acids is 1. The molecule has 0 fully saturated rings. The lowest BCUT2D eigenvalue weighted by molar-refractivity contribution is -0.119. The molecule has 0 aromatic heterocycles. The molecule has 0 saturated carbocycles. The van der Waals surface area contributed by atoms with Crippen molar-refractivity contribution in [2.45, 2.75) is 66.4 Å². The number of aliphatic hydroxyl groups is 1. The van der Waals surface area contributed by atoms with Gasteiger partial charge in [-0.25, -0.2) is 0 Å². The highest BCUT2D eigenvalue weighted by molar-refractivity contribution is 5.97. The summed E-state index contributed by atoms with van der Waals surface area (Å²) in [5.74, 6) is 0.292. The Morgan fingerprint density at radius 3 is 2.47 bits per heavy atom. The molecule has 98 valence electrons. The Kier molecular flexibility index (Phi) is 4.54. The Morgan fingerprint density at radius 1 is 1.41 bits per heavy atom. The monoisotopic (exact) mass is 238 g/mol. The lowest BCUT2D eigenvalue weighted by Gasteiger charge is -2.34. The Labute approximate surface area is 105 Å². The van der Waals surface area contributed by atoms with Gasteiger partial charge in [0.2, 0.25) is 0 Å². The van der Waals surface area contributed by atoms with Crippen molar-refractivity contribution in [3.63, 3.8) is 0 Å². The summed E-state index contributed by atoms with van der Waals surface area (Å²) >= 11 is 0. The molecular formula is C15H26O2. The topological polar surface area (TPSA) is 37.3 Å². The molecule has 0 spiro atoms. The minimum atomic E-state index is -0.513. The lowest BCUT2D eigenvalue weighted by atomic mass is 9.70. The molecule has 1 aliphatic rings. The molecular weight excluding hydrogens is 212 g/mol. The van der Waals surface area contributed by atoms with Crippen molar-refractivity contribution in [1.82, 2.24) is 0 Å². The first kappa shape index (κ1) is 14.4. The van der Waals surface area contributed by atoms with Gasteiger partial charge < -0.3 is 5.11 Å². The first-order chi connectivity index (χ1) is 7.75. The average molecular weight is 238 g/mol. The van der Waals surface area contributed by atoms with E-state index in [0.717, 1.165) is 18.4 Å². The summed E-state index contributed by atoms with van der Waals surface area (Å²) in [4.78, 5) is 12.3. The van der Waals surface area contributed by atoms with Crippen LogP contribution in [0.2, 0.25) is 0 Å². The van der Waals surface area contributed by atoms with Crippen LogP contribution in [0.25, 0.3) is 0 Å². The zero-order valence-electron chi connectivity index (χ0n) is 11.8. The number of hydrogen-bond donors (Lipinski definition) is 1. The number of hydrogen-bond acceptors (Lipinski definition) is 2. The standard InChI is InChI=1S/C15H26O2/c1-10(2)12(16)9-13(17)14-11(3)7-6-8-15(14,4)5/h10,12,16H,6-9H2,1-5H3. The van der Waals surface area contributed by atoms with E-state index in [4.69, 9.17) is 0 Å². The summed E-state index contributed by atoms with van der Waals surface area (Å²) in [6, 6.07) is 0. The average Bonchev–Trinajstić information content (AvgIpc) is 2.15. The van der Waals surface area contributed by atoms with Crippen molar-refractivity contribution >= 4 is 5.78 Å². The van der Waals surface area contributed by atoms with E-state index in [1.165, 1.54) is 12.0 Å². The molecule has 0 radical (unpaired) electrons. The SMILES string of the molecule is CC1=C(C(=O)CC(O)C(C)C)C(C)(C)CCC1. The predicted octanol–water partition coefficient (Wildman–Crippen LogP) is 3.49. The van der Waals surface area contributed by atoms with Gasteiger partial charge in [0.25, 0.3) is 0 Å². The van der Waals surface area contributed by atoms with Crippen molar-refractivity contribution in [2.75, 3.05) is 0 Å². The van der Waals surface area contributed by atoms with Crippen LogP contribution in [-0.4, -0.2) is 17.0 Å². The van der Waals surface area contributed by atoms with Gasteiger partial charge in [-0.05, 0) is 43.1 Å². The second kappa shape index (κ2) is 5.34. The Morgan fingerprint density at radius 2 is 2.00 bits per heavy atom. The third-order valence-electron chi connectivity index (χ3n) is 3.90. The van der Waals surface area contributed by atoms with Crippen molar-refractivity contribution in [2.24, 2.45) is 11.3 Å². The van der Waals surface area contributed by atoms with E-state index < -0.39 is 6.10 Å². The molecule has 2 heteroatoms. The number of ketones is 1. The van der Waals surface area contributed by atoms with Crippen LogP contribution in [0.1, 0.15) is 60.3 Å². The van der Waals surface area contributed by atoms with Gasteiger partial charge in [-0.3, -0.25) is 4.79 Å².